The molecule has 1 aliphatic carbocycles. The quantitative estimate of drug-likeness (QED) is 0.415. The van der Waals surface area contributed by atoms with E-state index in [9.17, 15) is 4.79 Å². The molecule has 2 aromatic heterocycles. The predicted molar refractivity (Wildman–Crippen MR) is 130 cm³/mol. The molecule has 1 amide bonds. The molecule has 0 spiro atoms. The fraction of sp³-hybridized carbons (Fsp3) is 0.370. The molecule has 1 aliphatic heterocycles. The molecule has 1 atom stereocenters. The molecule has 1 unspecified atom stereocenters. The standard InChI is InChI=1S/C27H28N4O3/c1-16-24-22(30-29-16)14-13-21-25(24)19-6-2-3-7-20(19)26(28-21)17-9-11-18(12-10-17)27(32)31-34-23-8-4-5-15-33-23/h9-14,23H,2-8,15H2,1H3,(H,29,30)(H,31,32). The minimum atomic E-state index is -0.365. The Morgan fingerprint density at radius 2 is 1.79 bits per heavy atom. The molecule has 2 N–H and O–H groups in total. The maximum absolute atomic E-state index is 12.6. The van der Waals surface area contributed by atoms with Crippen molar-refractivity contribution in [1.82, 2.24) is 20.7 Å². The van der Waals surface area contributed by atoms with Crippen LogP contribution in [0.3, 0.4) is 0 Å². The molecule has 4 aromatic rings. The summed E-state index contributed by atoms with van der Waals surface area (Å²) in [4.78, 5) is 23.1. The Morgan fingerprint density at radius 1 is 1.00 bits per heavy atom. The number of pyridine rings is 1. The lowest BCUT2D eigenvalue weighted by atomic mass is 9.85. The minimum Gasteiger partial charge on any atom is -0.350 e. The van der Waals surface area contributed by atoms with Crippen molar-refractivity contribution in [2.75, 3.05) is 6.61 Å². The zero-order valence-corrected chi connectivity index (χ0v) is 19.3. The molecule has 2 aliphatic rings. The molecule has 0 radical (unpaired) electrons. The van der Waals surface area contributed by atoms with Gasteiger partial charge in [-0.05, 0) is 80.8 Å². The molecule has 1 fully saturated rings. The van der Waals surface area contributed by atoms with E-state index in [-0.39, 0.29) is 12.2 Å². The van der Waals surface area contributed by atoms with Crippen LogP contribution in [-0.4, -0.2) is 34.0 Å². The second-order valence-electron chi connectivity index (χ2n) is 9.25. The number of carbonyl (C=O) groups is 1. The number of amides is 1. The van der Waals surface area contributed by atoms with Gasteiger partial charge in [-0.2, -0.15) is 5.10 Å². The highest BCUT2D eigenvalue weighted by atomic mass is 16.8. The van der Waals surface area contributed by atoms with Crippen molar-refractivity contribution < 1.29 is 14.4 Å². The first kappa shape index (κ1) is 21.3. The number of carbonyl (C=O) groups excluding carboxylic acids is 1. The zero-order valence-electron chi connectivity index (χ0n) is 19.3. The first-order valence-electron chi connectivity index (χ1n) is 12.2. The highest BCUT2D eigenvalue weighted by Crippen LogP contribution is 2.38. The van der Waals surface area contributed by atoms with Gasteiger partial charge in [-0.25, -0.2) is 15.3 Å². The van der Waals surface area contributed by atoms with Gasteiger partial charge in [-0.1, -0.05) is 12.1 Å². The number of aromatic amines is 1. The average molecular weight is 457 g/mol. The summed E-state index contributed by atoms with van der Waals surface area (Å²) >= 11 is 0. The van der Waals surface area contributed by atoms with Crippen LogP contribution in [0.2, 0.25) is 0 Å². The number of hydrogen-bond donors (Lipinski definition) is 2. The Morgan fingerprint density at radius 3 is 2.59 bits per heavy atom. The van der Waals surface area contributed by atoms with E-state index >= 15 is 0 Å². The number of rotatable bonds is 4. The third kappa shape index (κ3) is 3.75. The first-order valence-corrected chi connectivity index (χ1v) is 12.2. The summed E-state index contributed by atoms with van der Waals surface area (Å²) in [6, 6.07) is 11.7. The van der Waals surface area contributed by atoms with Crippen LogP contribution in [0.1, 0.15) is 59.3 Å². The van der Waals surface area contributed by atoms with Crippen LogP contribution >= 0.6 is 0 Å². The molecule has 174 valence electrons. The fourth-order valence-electron chi connectivity index (χ4n) is 5.28. The van der Waals surface area contributed by atoms with Gasteiger partial charge in [-0.3, -0.25) is 9.89 Å². The lowest BCUT2D eigenvalue weighted by Crippen LogP contribution is -2.33. The normalized spacial score (nSPS) is 18.2. The second-order valence-corrected chi connectivity index (χ2v) is 9.25. The Balaban J connectivity index is 1.33. The van der Waals surface area contributed by atoms with Crippen LogP contribution < -0.4 is 5.48 Å². The SMILES string of the molecule is Cc1[nH]nc2ccc3nc(-c4ccc(C(=O)NOC5CCCCO5)cc4)c4c(c3c12)CCCC4. The third-order valence-electron chi connectivity index (χ3n) is 7.01. The Bertz CT molecular complexity index is 1370. The van der Waals surface area contributed by atoms with Crippen LogP contribution in [0.5, 0.6) is 0 Å². The smallest absolute Gasteiger partial charge is 0.274 e. The minimum absolute atomic E-state index is 0.271. The summed E-state index contributed by atoms with van der Waals surface area (Å²) in [6.45, 7) is 2.75. The molecule has 0 saturated carbocycles. The number of hydroxylamine groups is 1. The summed E-state index contributed by atoms with van der Waals surface area (Å²) in [6.07, 6.45) is 6.92. The number of benzene rings is 2. The van der Waals surface area contributed by atoms with Crippen LogP contribution in [0.25, 0.3) is 33.1 Å². The molecule has 3 heterocycles. The first-order chi connectivity index (χ1) is 16.7. The average Bonchev–Trinajstić information content (AvgIpc) is 3.28. The maximum Gasteiger partial charge on any atom is 0.274 e. The number of H-pyrrole nitrogens is 1. The van der Waals surface area contributed by atoms with Gasteiger partial charge < -0.3 is 4.74 Å². The number of nitrogens with zero attached hydrogens (tertiary/aromatic N) is 2. The van der Waals surface area contributed by atoms with E-state index in [1.165, 1.54) is 28.3 Å². The van der Waals surface area contributed by atoms with Crippen molar-refractivity contribution in [3.8, 4) is 11.3 Å². The van der Waals surface area contributed by atoms with Gasteiger partial charge >= 0.3 is 0 Å². The van der Waals surface area contributed by atoms with Crippen molar-refractivity contribution in [3.05, 3.63) is 58.8 Å². The van der Waals surface area contributed by atoms with Gasteiger partial charge in [0, 0.05) is 40.6 Å². The van der Waals surface area contributed by atoms with E-state index in [2.05, 4.69) is 28.7 Å². The van der Waals surface area contributed by atoms with E-state index < -0.39 is 0 Å². The lowest BCUT2D eigenvalue weighted by molar-refractivity contribution is -0.186. The van der Waals surface area contributed by atoms with E-state index in [0.717, 1.165) is 66.5 Å². The number of fused-ring (bicyclic) bond motifs is 5. The number of aryl methyl sites for hydroxylation is 2. The van der Waals surface area contributed by atoms with Crippen LogP contribution in [0.15, 0.2) is 36.4 Å². The largest absolute Gasteiger partial charge is 0.350 e. The van der Waals surface area contributed by atoms with E-state index in [1.807, 2.05) is 30.3 Å². The molecule has 0 bridgehead atoms. The highest BCUT2D eigenvalue weighted by molar-refractivity contribution is 6.09. The number of nitrogens with one attached hydrogen (secondary N) is 2. The lowest BCUT2D eigenvalue weighted by Gasteiger charge is -2.22. The third-order valence-corrected chi connectivity index (χ3v) is 7.01. The Labute approximate surface area is 197 Å². The monoisotopic (exact) mass is 456 g/mol. The molecule has 6 rings (SSSR count). The summed E-state index contributed by atoms with van der Waals surface area (Å²) in [5.74, 6) is -0.271. The molecular formula is C27H28N4O3. The molecule has 7 nitrogen and oxygen atoms in total. The highest BCUT2D eigenvalue weighted by Gasteiger charge is 2.22. The maximum atomic E-state index is 12.6. The molecular weight excluding hydrogens is 428 g/mol. The Hall–Kier alpha value is -3.29. The predicted octanol–water partition coefficient (Wildman–Crippen LogP) is 5.15. The van der Waals surface area contributed by atoms with Gasteiger partial charge in [0.2, 0.25) is 0 Å². The van der Waals surface area contributed by atoms with Crippen molar-refractivity contribution in [3.63, 3.8) is 0 Å². The van der Waals surface area contributed by atoms with Gasteiger partial charge in [-0.15, -0.1) is 0 Å². The van der Waals surface area contributed by atoms with Crippen molar-refractivity contribution in [1.29, 1.82) is 0 Å². The zero-order chi connectivity index (χ0) is 23.1. The number of ether oxygens (including phenoxy) is 1. The topological polar surface area (TPSA) is 89.1 Å². The summed E-state index contributed by atoms with van der Waals surface area (Å²) in [7, 11) is 0. The Kier molecular flexibility index (Phi) is 5.51. The fourth-order valence-corrected chi connectivity index (χ4v) is 5.28. The van der Waals surface area contributed by atoms with Gasteiger partial charge in [0.05, 0.1) is 16.7 Å². The van der Waals surface area contributed by atoms with E-state index in [1.54, 1.807) is 0 Å². The van der Waals surface area contributed by atoms with Crippen molar-refractivity contribution in [2.45, 2.75) is 58.2 Å². The number of hydrogen-bond acceptors (Lipinski definition) is 5. The summed E-state index contributed by atoms with van der Waals surface area (Å²) in [5, 5.41) is 10.0. The van der Waals surface area contributed by atoms with Crippen LogP contribution in [-0.2, 0) is 22.4 Å². The van der Waals surface area contributed by atoms with Gasteiger partial charge in [0.25, 0.3) is 5.91 Å². The molecule has 2 aromatic carbocycles. The summed E-state index contributed by atoms with van der Waals surface area (Å²) < 4.78 is 5.51. The van der Waals surface area contributed by atoms with Gasteiger partial charge in [0.15, 0.2) is 6.29 Å². The van der Waals surface area contributed by atoms with E-state index in [0.29, 0.717) is 12.2 Å². The van der Waals surface area contributed by atoms with Crippen molar-refractivity contribution >= 4 is 27.7 Å². The van der Waals surface area contributed by atoms with Crippen LogP contribution in [0, 0.1) is 6.92 Å². The summed E-state index contributed by atoms with van der Waals surface area (Å²) in [5.41, 5.74) is 10.9. The van der Waals surface area contributed by atoms with Crippen LogP contribution in [0.4, 0.5) is 0 Å². The van der Waals surface area contributed by atoms with Crippen molar-refractivity contribution in [2.24, 2.45) is 0 Å². The molecule has 1 saturated heterocycles. The molecule has 7 heteroatoms. The van der Waals surface area contributed by atoms with E-state index in [4.69, 9.17) is 14.6 Å². The number of aromatic nitrogens is 3. The second kappa shape index (κ2) is 8.81. The molecule has 34 heavy (non-hydrogen) atoms. The van der Waals surface area contributed by atoms with Gasteiger partial charge in [0.1, 0.15) is 0 Å².